The van der Waals surface area contributed by atoms with E-state index in [9.17, 15) is 0 Å². The molecule has 1 aliphatic heterocycles. The summed E-state index contributed by atoms with van der Waals surface area (Å²) >= 11 is 2.08. The van der Waals surface area contributed by atoms with E-state index in [1.807, 2.05) is 0 Å². The molecule has 13 heavy (non-hydrogen) atoms. The third-order valence-corrected chi connectivity index (χ3v) is 3.67. The second kappa shape index (κ2) is 7.69. The van der Waals surface area contributed by atoms with Crippen molar-refractivity contribution in [3.05, 3.63) is 0 Å². The maximum Gasteiger partial charge on any atom is 0.0445 e. The molecule has 0 aromatic carbocycles. The van der Waals surface area contributed by atoms with Gasteiger partial charge in [-0.05, 0) is 13.0 Å². The van der Waals surface area contributed by atoms with Crippen molar-refractivity contribution in [1.82, 2.24) is 4.90 Å². The monoisotopic (exact) mass is 201 g/mol. The molecule has 0 atom stereocenters. The van der Waals surface area contributed by atoms with Crippen LogP contribution in [0.25, 0.3) is 0 Å². The molecule has 0 aliphatic carbocycles. The van der Waals surface area contributed by atoms with Gasteiger partial charge >= 0.3 is 0 Å². The van der Waals surface area contributed by atoms with Gasteiger partial charge in [0, 0.05) is 18.2 Å². The van der Waals surface area contributed by atoms with Gasteiger partial charge < -0.3 is 0 Å². The molecule has 0 unspecified atom stereocenters. The van der Waals surface area contributed by atoms with E-state index >= 15 is 0 Å². The van der Waals surface area contributed by atoms with Crippen molar-refractivity contribution in [1.29, 1.82) is 0 Å². The number of nitrogens with zero attached hydrogens (tertiary/aromatic N) is 1. The Hall–Kier alpha value is 0.310. The lowest BCUT2D eigenvalue weighted by atomic mass is 10.1. The maximum absolute atomic E-state index is 2.59. The zero-order chi connectivity index (χ0) is 9.36. The number of hydrogen-bond acceptors (Lipinski definition) is 2. The molecule has 1 fully saturated rings. The Labute approximate surface area is 87.3 Å². The standard InChI is InChI=1S/C11H23NS/c1-2-3-4-5-6-7-8-12-9-10-13-11-12/h2-11H2,1H3. The Morgan fingerprint density at radius 3 is 2.54 bits per heavy atom. The molecule has 1 saturated heterocycles. The molecular formula is C11H23NS. The van der Waals surface area contributed by atoms with Crippen LogP contribution in [-0.4, -0.2) is 29.6 Å². The van der Waals surface area contributed by atoms with Gasteiger partial charge in [-0.2, -0.15) is 0 Å². The van der Waals surface area contributed by atoms with Crippen molar-refractivity contribution in [3.8, 4) is 0 Å². The molecule has 1 heterocycles. The molecule has 0 aromatic heterocycles. The minimum atomic E-state index is 1.29. The fourth-order valence-corrected chi connectivity index (χ4v) is 2.78. The summed E-state index contributed by atoms with van der Waals surface area (Å²) in [5, 5.41) is 0. The van der Waals surface area contributed by atoms with Crippen molar-refractivity contribution in [2.75, 3.05) is 24.7 Å². The Morgan fingerprint density at radius 1 is 1.08 bits per heavy atom. The van der Waals surface area contributed by atoms with Crippen molar-refractivity contribution in [3.63, 3.8) is 0 Å². The quantitative estimate of drug-likeness (QED) is 0.581. The molecule has 0 bridgehead atoms. The van der Waals surface area contributed by atoms with E-state index in [0.717, 1.165) is 0 Å². The van der Waals surface area contributed by atoms with Crippen LogP contribution in [0.3, 0.4) is 0 Å². The number of rotatable bonds is 7. The lowest BCUT2D eigenvalue weighted by Gasteiger charge is -2.12. The van der Waals surface area contributed by atoms with Gasteiger partial charge in [0.05, 0.1) is 0 Å². The minimum absolute atomic E-state index is 1.29. The van der Waals surface area contributed by atoms with Gasteiger partial charge in [-0.1, -0.05) is 39.0 Å². The van der Waals surface area contributed by atoms with Gasteiger partial charge in [-0.15, -0.1) is 11.8 Å². The van der Waals surface area contributed by atoms with Gasteiger partial charge in [0.15, 0.2) is 0 Å². The van der Waals surface area contributed by atoms with Gasteiger partial charge in [-0.3, -0.25) is 4.90 Å². The normalized spacial score (nSPS) is 18.2. The average molecular weight is 201 g/mol. The van der Waals surface area contributed by atoms with E-state index in [4.69, 9.17) is 0 Å². The molecule has 1 nitrogen and oxygen atoms in total. The first kappa shape index (κ1) is 11.4. The van der Waals surface area contributed by atoms with Crippen molar-refractivity contribution in [2.45, 2.75) is 45.4 Å². The predicted molar refractivity (Wildman–Crippen MR) is 62.3 cm³/mol. The summed E-state index contributed by atoms with van der Waals surface area (Å²) in [7, 11) is 0. The number of thioether (sulfide) groups is 1. The van der Waals surface area contributed by atoms with Crippen LogP contribution in [-0.2, 0) is 0 Å². The highest BCUT2D eigenvalue weighted by Gasteiger charge is 2.10. The highest BCUT2D eigenvalue weighted by Crippen LogP contribution is 2.14. The van der Waals surface area contributed by atoms with E-state index in [0.29, 0.717) is 0 Å². The molecule has 0 radical (unpaired) electrons. The Morgan fingerprint density at radius 2 is 1.85 bits per heavy atom. The molecule has 0 aromatic rings. The highest BCUT2D eigenvalue weighted by atomic mass is 32.2. The van der Waals surface area contributed by atoms with Crippen LogP contribution in [0.5, 0.6) is 0 Å². The summed E-state index contributed by atoms with van der Waals surface area (Å²) in [6.45, 7) is 4.96. The van der Waals surface area contributed by atoms with E-state index in [1.54, 1.807) is 0 Å². The van der Waals surface area contributed by atoms with E-state index < -0.39 is 0 Å². The van der Waals surface area contributed by atoms with Crippen LogP contribution in [0.1, 0.15) is 45.4 Å². The predicted octanol–water partition coefficient (Wildman–Crippen LogP) is 3.35. The molecular weight excluding hydrogens is 178 g/mol. The minimum Gasteiger partial charge on any atom is -0.293 e. The largest absolute Gasteiger partial charge is 0.293 e. The van der Waals surface area contributed by atoms with Crippen LogP contribution in [0.4, 0.5) is 0 Å². The Kier molecular flexibility index (Phi) is 6.73. The molecule has 0 saturated carbocycles. The third kappa shape index (κ3) is 5.58. The Balaban J connectivity index is 1.78. The molecule has 1 aliphatic rings. The lowest BCUT2D eigenvalue weighted by Crippen LogP contribution is -2.20. The van der Waals surface area contributed by atoms with Crippen LogP contribution in [0, 0.1) is 0 Å². The maximum atomic E-state index is 2.59. The highest BCUT2D eigenvalue weighted by molar-refractivity contribution is 7.99. The van der Waals surface area contributed by atoms with Crippen LogP contribution < -0.4 is 0 Å². The first-order chi connectivity index (χ1) is 6.43. The fraction of sp³-hybridized carbons (Fsp3) is 1.00. The molecule has 0 N–H and O–H groups in total. The summed E-state index contributed by atoms with van der Waals surface area (Å²) in [5.74, 6) is 2.64. The van der Waals surface area contributed by atoms with E-state index in [2.05, 4.69) is 23.6 Å². The summed E-state index contributed by atoms with van der Waals surface area (Å²) < 4.78 is 0. The molecule has 2 heteroatoms. The van der Waals surface area contributed by atoms with Gasteiger partial charge in [0.1, 0.15) is 0 Å². The van der Waals surface area contributed by atoms with Crippen LogP contribution in [0.15, 0.2) is 0 Å². The topological polar surface area (TPSA) is 3.24 Å². The molecule has 1 rings (SSSR count). The van der Waals surface area contributed by atoms with Crippen molar-refractivity contribution in [2.24, 2.45) is 0 Å². The average Bonchev–Trinajstić information content (AvgIpc) is 2.63. The number of hydrogen-bond donors (Lipinski definition) is 0. The smallest absolute Gasteiger partial charge is 0.0445 e. The number of unbranched alkanes of at least 4 members (excludes halogenated alkanes) is 5. The van der Waals surface area contributed by atoms with Gasteiger partial charge in [0.25, 0.3) is 0 Å². The molecule has 0 amide bonds. The third-order valence-electron chi connectivity index (χ3n) is 2.65. The van der Waals surface area contributed by atoms with Gasteiger partial charge in [-0.25, -0.2) is 0 Å². The summed E-state index contributed by atoms with van der Waals surface area (Å²) in [6.07, 6.45) is 8.56. The first-order valence-electron chi connectivity index (χ1n) is 5.73. The second-order valence-electron chi connectivity index (χ2n) is 3.92. The summed E-state index contributed by atoms with van der Waals surface area (Å²) in [5.41, 5.74) is 0. The SMILES string of the molecule is CCCCCCCCN1CCSC1. The summed E-state index contributed by atoms with van der Waals surface area (Å²) in [4.78, 5) is 2.59. The van der Waals surface area contributed by atoms with Crippen molar-refractivity contribution < 1.29 is 0 Å². The zero-order valence-corrected chi connectivity index (χ0v) is 9.74. The lowest BCUT2D eigenvalue weighted by molar-refractivity contribution is 0.343. The molecule has 0 spiro atoms. The van der Waals surface area contributed by atoms with E-state index in [-0.39, 0.29) is 0 Å². The summed E-state index contributed by atoms with van der Waals surface area (Å²) in [6, 6.07) is 0. The van der Waals surface area contributed by atoms with Crippen LogP contribution >= 0.6 is 11.8 Å². The van der Waals surface area contributed by atoms with E-state index in [1.165, 1.54) is 63.2 Å². The second-order valence-corrected chi connectivity index (χ2v) is 5.00. The van der Waals surface area contributed by atoms with Crippen molar-refractivity contribution >= 4 is 11.8 Å². The van der Waals surface area contributed by atoms with Crippen LogP contribution in [0.2, 0.25) is 0 Å². The Bertz CT molecular complexity index is 111. The van der Waals surface area contributed by atoms with Gasteiger partial charge in [0.2, 0.25) is 0 Å². The molecule has 78 valence electrons. The fourth-order valence-electron chi connectivity index (χ4n) is 1.74. The zero-order valence-electron chi connectivity index (χ0n) is 8.93. The first-order valence-corrected chi connectivity index (χ1v) is 6.89.